The third kappa shape index (κ3) is 4.19. The van der Waals surface area contributed by atoms with Crippen LogP contribution < -0.4 is 5.32 Å². The Morgan fingerprint density at radius 3 is 2.29 bits per heavy atom. The van der Waals surface area contributed by atoms with E-state index in [-0.39, 0.29) is 29.3 Å². The smallest absolute Gasteiger partial charge is 0.269 e. The molecule has 2 aliphatic rings. The zero-order valence-electron chi connectivity index (χ0n) is 17.0. The molecule has 1 aliphatic heterocycles. The first kappa shape index (κ1) is 20.7. The van der Waals surface area contributed by atoms with E-state index in [0.717, 1.165) is 37.0 Å². The molecule has 1 unspecified atom stereocenters. The highest BCUT2D eigenvalue weighted by atomic mass is 16.6. The first-order chi connectivity index (χ1) is 15.0. The molecule has 8 nitrogen and oxygen atoms in total. The number of carbonyl (C=O) groups is 3. The van der Waals surface area contributed by atoms with Gasteiger partial charge in [-0.3, -0.25) is 29.4 Å². The fourth-order valence-electron chi connectivity index (χ4n) is 4.36. The van der Waals surface area contributed by atoms with E-state index in [1.54, 1.807) is 30.3 Å². The summed E-state index contributed by atoms with van der Waals surface area (Å²) >= 11 is 0. The molecule has 2 aromatic carbocycles. The number of nitro benzene ring substituents is 1. The summed E-state index contributed by atoms with van der Waals surface area (Å²) in [7, 11) is 0. The minimum atomic E-state index is -1.09. The van der Waals surface area contributed by atoms with E-state index in [1.807, 2.05) is 0 Å². The number of nitrogens with one attached hydrogen (secondary N) is 1. The van der Waals surface area contributed by atoms with Crippen LogP contribution in [0.1, 0.15) is 58.4 Å². The Labute approximate surface area is 179 Å². The molecule has 0 bridgehead atoms. The highest BCUT2D eigenvalue weighted by Gasteiger charge is 2.43. The monoisotopic (exact) mass is 421 g/mol. The van der Waals surface area contributed by atoms with Crippen LogP contribution in [0.3, 0.4) is 0 Å². The van der Waals surface area contributed by atoms with Crippen LogP contribution in [0.2, 0.25) is 0 Å². The minimum Gasteiger partial charge on any atom is -0.352 e. The van der Waals surface area contributed by atoms with E-state index in [0.29, 0.717) is 5.56 Å². The lowest BCUT2D eigenvalue weighted by Crippen LogP contribution is -2.53. The first-order valence-corrected chi connectivity index (χ1v) is 10.5. The van der Waals surface area contributed by atoms with Crippen molar-refractivity contribution >= 4 is 23.4 Å². The molecule has 4 rings (SSSR count). The average molecular weight is 421 g/mol. The Balaban J connectivity index is 1.65. The van der Waals surface area contributed by atoms with Crippen molar-refractivity contribution in [1.82, 2.24) is 10.2 Å². The number of carbonyl (C=O) groups excluding carboxylic acids is 3. The summed E-state index contributed by atoms with van der Waals surface area (Å²) in [4.78, 5) is 51.0. The summed E-state index contributed by atoms with van der Waals surface area (Å²) in [5, 5.41) is 14.2. The Kier molecular flexibility index (Phi) is 5.79. The summed E-state index contributed by atoms with van der Waals surface area (Å²) in [5.74, 6) is -1.45. The van der Waals surface area contributed by atoms with Crippen LogP contribution in [0.5, 0.6) is 0 Å². The molecule has 31 heavy (non-hydrogen) atoms. The number of amides is 3. The van der Waals surface area contributed by atoms with E-state index in [2.05, 4.69) is 5.32 Å². The molecular formula is C23H23N3O5. The molecule has 0 aromatic heterocycles. The number of non-ortho nitro benzene ring substituents is 1. The van der Waals surface area contributed by atoms with Crippen molar-refractivity contribution in [2.24, 2.45) is 0 Å². The molecular weight excluding hydrogens is 398 g/mol. The van der Waals surface area contributed by atoms with Gasteiger partial charge in [-0.15, -0.1) is 0 Å². The number of fused-ring (bicyclic) bond motifs is 1. The van der Waals surface area contributed by atoms with Crippen LogP contribution in [0.4, 0.5) is 5.69 Å². The molecule has 3 amide bonds. The van der Waals surface area contributed by atoms with E-state index in [9.17, 15) is 24.5 Å². The van der Waals surface area contributed by atoms with Crippen molar-refractivity contribution in [1.29, 1.82) is 0 Å². The molecule has 0 radical (unpaired) electrons. The minimum absolute atomic E-state index is 0.00374. The van der Waals surface area contributed by atoms with Gasteiger partial charge in [0.15, 0.2) is 0 Å². The van der Waals surface area contributed by atoms with Gasteiger partial charge >= 0.3 is 0 Å². The molecule has 1 aliphatic carbocycles. The van der Waals surface area contributed by atoms with Gasteiger partial charge in [-0.25, -0.2) is 0 Å². The third-order valence-electron chi connectivity index (χ3n) is 5.94. The van der Waals surface area contributed by atoms with Crippen molar-refractivity contribution < 1.29 is 19.3 Å². The van der Waals surface area contributed by atoms with Gasteiger partial charge in [-0.2, -0.15) is 0 Å². The highest BCUT2D eigenvalue weighted by Crippen LogP contribution is 2.27. The van der Waals surface area contributed by atoms with Crippen molar-refractivity contribution in [3.8, 4) is 0 Å². The average Bonchev–Trinajstić information content (AvgIpc) is 3.03. The van der Waals surface area contributed by atoms with Crippen LogP contribution >= 0.6 is 0 Å². The quantitative estimate of drug-likeness (QED) is 0.437. The lowest BCUT2D eigenvalue weighted by atomic mass is 9.94. The topological polar surface area (TPSA) is 110 Å². The number of benzene rings is 2. The van der Waals surface area contributed by atoms with Gasteiger partial charge in [0, 0.05) is 24.6 Å². The zero-order valence-corrected chi connectivity index (χ0v) is 17.0. The lowest BCUT2D eigenvalue weighted by Gasteiger charge is -2.29. The molecule has 0 saturated heterocycles. The second kappa shape index (κ2) is 8.67. The fourth-order valence-corrected chi connectivity index (χ4v) is 4.36. The first-order valence-electron chi connectivity index (χ1n) is 10.5. The molecule has 1 atom stereocenters. The second-order valence-electron chi connectivity index (χ2n) is 8.02. The summed E-state index contributed by atoms with van der Waals surface area (Å²) in [5.41, 5.74) is 0.935. The van der Waals surface area contributed by atoms with E-state index in [4.69, 9.17) is 0 Å². The zero-order chi connectivity index (χ0) is 22.0. The number of nitrogens with zero attached hydrogens (tertiary/aromatic N) is 2. The van der Waals surface area contributed by atoms with Crippen LogP contribution in [-0.4, -0.2) is 39.6 Å². The van der Waals surface area contributed by atoms with E-state index in [1.165, 1.54) is 18.2 Å². The number of imide groups is 1. The molecule has 1 N–H and O–H groups in total. The highest BCUT2D eigenvalue weighted by molar-refractivity contribution is 6.22. The van der Waals surface area contributed by atoms with Gasteiger partial charge in [0.1, 0.15) is 6.04 Å². The van der Waals surface area contributed by atoms with Crippen LogP contribution in [0, 0.1) is 10.1 Å². The van der Waals surface area contributed by atoms with E-state index >= 15 is 0 Å². The van der Waals surface area contributed by atoms with E-state index < -0.39 is 28.7 Å². The van der Waals surface area contributed by atoms with Gasteiger partial charge in [0.2, 0.25) is 5.91 Å². The Hall–Kier alpha value is -3.55. The molecule has 1 saturated carbocycles. The predicted octanol–water partition coefficient (Wildman–Crippen LogP) is 3.25. The molecule has 0 spiro atoms. The van der Waals surface area contributed by atoms with Gasteiger partial charge in [0.25, 0.3) is 17.5 Å². The maximum atomic E-state index is 13.3. The van der Waals surface area contributed by atoms with Crippen molar-refractivity contribution in [2.45, 2.75) is 50.6 Å². The van der Waals surface area contributed by atoms with Gasteiger partial charge in [0.05, 0.1) is 16.1 Å². The van der Waals surface area contributed by atoms with Crippen LogP contribution in [0.25, 0.3) is 0 Å². The number of hydrogen-bond acceptors (Lipinski definition) is 5. The molecule has 1 fully saturated rings. The molecule has 2 aromatic rings. The normalized spacial score (nSPS) is 17.4. The van der Waals surface area contributed by atoms with Crippen LogP contribution in [-0.2, 0) is 11.2 Å². The van der Waals surface area contributed by atoms with Crippen molar-refractivity contribution in [3.63, 3.8) is 0 Å². The molecule has 160 valence electrons. The Morgan fingerprint density at radius 1 is 1.03 bits per heavy atom. The number of rotatable bonds is 6. The number of hydrogen-bond donors (Lipinski definition) is 1. The summed E-state index contributed by atoms with van der Waals surface area (Å²) in [6.07, 6.45) is 4.89. The van der Waals surface area contributed by atoms with Crippen molar-refractivity contribution in [3.05, 3.63) is 75.3 Å². The summed E-state index contributed by atoms with van der Waals surface area (Å²) in [6, 6.07) is 11.3. The predicted molar refractivity (Wildman–Crippen MR) is 113 cm³/mol. The Morgan fingerprint density at radius 2 is 1.68 bits per heavy atom. The lowest BCUT2D eigenvalue weighted by molar-refractivity contribution is -0.384. The summed E-state index contributed by atoms with van der Waals surface area (Å²) in [6.45, 7) is 0. The number of nitro groups is 1. The SMILES string of the molecule is O=C(NC1CCCCC1)C(Cc1cccc([N+](=O)[O-])c1)N1C(=O)c2ccccc2C1=O. The maximum absolute atomic E-state index is 13.3. The summed E-state index contributed by atoms with van der Waals surface area (Å²) < 4.78 is 0. The van der Waals surface area contributed by atoms with Crippen molar-refractivity contribution in [2.75, 3.05) is 0 Å². The largest absolute Gasteiger partial charge is 0.352 e. The third-order valence-corrected chi connectivity index (χ3v) is 5.94. The molecule has 8 heteroatoms. The maximum Gasteiger partial charge on any atom is 0.269 e. The second-order valence-corrected chi connectivity index (χ2v) is 8.02. The standard InChI is InChI=1S/C23H23N3O5/c27-21(24-16-8-2-1-3-9-16)20(14-15-7-6-10-17(13-15)26(30)31)25-22(28)18-11-4-5-12-19(18)23(25)29/h4-7,10-13,16,20H,1-3,8-9,14H2,(H,24,27). The Bertz CT molecular complexity index is 1010. The fraction of sp³-hybridized carbons (Fsp3) is 0.348. The van der Waals surface area contributed by atoms with Gasteiger partial charge < -0.3 is 5.32 Å². The molecule has 1 heterocycles. The van der Waals surface area contributed by atoms with Crippen LogP contribution in [0.15, 0.2) is 48.5 Å². The van der Waals surface area contributed by atoms with Gasteiger partial charge in [-0.05, 0) is 30.5 Å². The van der Waals surface area contributed by atoms with Gasteiger partial charge in [-0.1, -0.05) is 43.5 Å².